The van der Waals surface area contributed by atoms with E-state index in [-0.39, 0.29) is 12.3 Å². The summed E-state index contributed by atoms with van der Waals surface area (Å²) in [7, 11) is 1.26. The lowest BCUT2D eigenvalue weighted by Crippen LogP contribution is -2.43. The molecule has 150 valence electrons. The van der Waals surface area contributed by atoms with E-state index in [0.29, 0.717) is 11.1 Å². The van der Waals surface area contributed by atoms with Gasteiger partial charge in [-0.3, -0.25) is 4.79 Å². The van der Waals surface area contributed by atoms with Gasteiger partial charge in [-0.15, -0.1) is 0 Å². The van der Waals surface area contributed by atoms with Crippen LogP contribution in [0.4, 0.5) is 4.39 Å². The number of benzene rings is 4. The van der Waals surface area contributed by atoms with Crippen molar-refractivity contribution in [1.82, 2.24) is 5.32 Å². The second-order valence-corrected chi connectivity index (χ2v) is 7.08. The molecule has 0 spiro atoms. The van der Waals surface area contributed by atoms with Crippen molar-refractivity contribution < 1.29 is 18.7 Å². The van der Waals surface area contributed by atoms with Crippen LogP contribution in [0.2, 0.25) is 0 Å². The van der Waals surface area contributed by atoms with E-state index in [1.165, 1.54) is 19.2 Å². The molecule has 4 aromatic rings. The first-order valence-electron chi connectivity index (χ1n) is 9.60. The van der Waals surface area contributed by atoms with Crippen molar-refractivity contribution in [2.24, 2.45) is 0 Å². The number of rotatable bonds is 5. The molecule has 1 amide bonds. The second kappa shape index (κ2) is 8.33. The average Bonchev–Trinajstić information content (AvgIpc) is 2.76. The smallest absolute Gasteiger partial charge is 0.328 e. The maximum atomic E-state index is 13.6. The summed E-state index contributed by atoms with van der Waals surface area (Å²) in [6.07, 6.45) is 0.124. The van der Waals surface area contributed by atoms with Crippen LogP contribution in [0.3, 0.4) is 0 Å². The van der Waals surface area contributed by atoms with Crippen LogP contribution >= 0.6 is 0 Å². The van der Waals surface area contributed by atoms with Crippen molar-refractivity contribution in [1.29, 1.82) is 0 Å². The van der Waals surface area contributed by atoms with E-state index in [1.807, 2.05) is 54.6 Å². The van der Waals surface area contributed by atoms with E-state index in [0.717, 1.165) is 21.5 Å². The lowest BCUT2D eigenvalue weighted by Gasteiger charge is -2.18. The number of carbonyl (C=O) groups excluding carboxylic acids is 2. The van der Waals surface area contributed by atoms with E-state index < -0.39 is 17.8 Å². The summed E-state index contributed by atoms with van der Waals surface area (Å²) in [5.41, 5.74) is 1.09. The monoisotopic (exact) mass is 401 g/mol. The number of hydrogen-bond acceptors (Lipinski definition) is 3. The van der Waals surface area contributed by atoms with E-state index in [9.17, 15) is 14.0 Å². The van der Waals surface area contributed by atoms with Gasteiger partial charge in [-0.1, -0.05) is 60.7 Å². The van der Waals surface area contributed by atoms with E-state index >= 15 is 0 Å². The highest BCUT2D eigenvalue weighted by atomic mass is 19.1. The van der Waals surface area contributed by atoms with Crippen molar-refractivity contribution in [3.63, 3.8) is 0 Å². The number of carbonyl (C=O) groups is 2. The first kappa shape index (κ1) is 19.6. The fourth-order valence-electron chi connectivity index (χ4n) is 3.72. The number of methoxy groups -OCH3 is 1. The van der Waals surface area contributed by atoms with Gasteiger partial charge in [0.2, 0.25) is 0 Å². The number of fused-ring (bicyclic) bond motifs is 2. The number of amides is 1. The molecule has 0 radical (unpaired) electrons. The van der Waals surface area contributed by atoms with Crippen LogP contribution in [-0.4, -0.2) is 25.0 Å². The number of esters is 1. The summed E-state index contributed by atoms with van der Waals surface area (Å²) in [6, 6.07) is 22.3. The van der Waals surface area contributed by atoms with E-state index in [4.69, 9.17) is 4.74 Å². The van der Waals surface area contributed by atoms with Crippen LogP contribution in [0.15, 0.2) is 78.9 Å². The van der Waals surface area contributed by atoms with Gasteiger partial charge in [0, 0.05) is 6.42 Å². The maximum Gasteiger partial charge on any atom is 0.328 e. The normalized spacial score (nSPS) is 11.9. The summed E-state index contributed by atoms with van der Waals surface area (Å²) >= 11 is 0. The Morgan fingerprint density at radius 1 is 0.900 bits per heavy atom. The van der Waals surface area contributed by atoms with Gasteiger partial charge >= 0.3 is 5.97 Å². The van der Waals surface area contributed by atoms with Gasteiger partial charge in [-0.2, -0.15) is 0 Å². The fourth-order valence-corrected chi connectivity index (χ4v) is 3.72. The van der Waals surface area contributed by atoms with Crippen molar-refractivity contribution >= 4 is 33.4 Å². The molecule has 0 aromatic heterocycles. The molecule has 4 nitrogen and oxygen atoms in total. The summed E-state index contributed by atoms with van der Waals surface area (Å²) in [5.74, 6) is -1.37. The van der Waals surface area contributed by atoms with Gasteiger partial charge < -0.3 is 10.1 Å². The summed E-state index contributed by atoms with van der Waals surface area (Å²) in [6.45, 7) is 0. The molecule has 0 aliphatic rings. The Morgan fingerprint density at radius 2 is 1.53 bits per heavy atom. The van der Waals surface area contributed by atoms with Crippen molar-refractivity contribution in [3.05, 3.63) is 95.8 Å². The van der Waals surface area contributed by atoms with Gasteiger partial charge in [0.15, 0.2) is 0 Å². The topological polar surface area (TPSA) is 55.4 Å². The van der Waals surface area contributed by atoms with Gasteiger partial charge in [-0.05, 0) is 45.3 Å². The highest BCUT2D eigenvalue weighted by Crippen LogP contribution is 2.28. The minimum atomic E-state index is -0.943. The lowest BCUT2D eigenvalue weighted by atomic mass is 9.95. The molecule has 0 heterocycles. The fraction of sp³-hybridized carbons (Fsp3) is 0.120. The molecule has 0 aliphatic heterocycles. The van der Waals surface area contributed by atoms with Crippen molar-refractivity contribution in [3.8, 4) is 0 Å². The maximum absolute atomic E-state index is 13.6. The Bertz CT molecular complexity index is 1200. The van der Waals surface area contributed by atoms with Crippen molar-refractivity contribution in [2.75, 3.05) is 7.11 Å². The minimum Gasteiger partial charge on any atom is -0.467 e. The Morgan fingerprint density at radius 3 is 2.13 bits per heavy atom. The summed E-state index contributed by atoms with van der Waals surface area (Å²) in [5, 5.41) is 6.25. The molecule has 30 heavy (non-hydrogen) atoms. The molecule has 0 aliphatic carbocycles. The van der Waals surface area contributed by atoms with Crippen molar-refractivity contribution in [2.45, 2.75) is 12.5 Å². The Labute approximate surface area is 173 Å². The highest BCUT2D eigenvalue weighted by Gasteiger charge is 2.24. The van der Waals surface area contributed by atoms with Gasteiger partial charge in [0.1, 0.15) is 11.9 Å². The largest absolute Gasteiger partial charge is 0.467 e. The lowest BCUT2D eigenvalue weighted by molar-refractivity contribution is -0.142. The number of halogens is 1. The van der Waals surface area contributed by atoms with Gasteiger partial charge in [0.05, 0.1) is 12.7 Å². The molecule has 0 unspecified atom stereocenters. The van der Waals surface area contributed by atoms with Crippen LogP contribution in [-0.2, 0) is 16.0 Å². The Balaban J connectivity index is 1.75. The highest BCUT2D eigenvalue weighted by molar-refractivity contribution is 6.18. The molecule has 1 N–H and O–H groups in total. The zero-order valence-electron chi connectivity index (χ0n) is 16.4. The molecule has 0 saturated heterocycles. The average molecular weight is 401 g/mol. The molecule has 0 saturated carbocycles. The van der Waals surface area contributed by atoms with Crippen LogP contribution in [0.1, 0.15) is 15.9 Å². The molecule has 0 fully saturated rings. The van der Waals surface area contributed by atoms with Crippen LogP contribution in [0.5, 0.6) is 0 Å². The van der Waals surface area contributed by atoms with Gasteiger partial charge in [0.25, 0.3) is 5.91 Å². The Hall–Kier alpha value is -3.73. The number of nitrogens with one attached hydrogen (secondary N) is 1. The van der Waals surface area contributed by atoms with Crippen LogP contribution < -0.4 is 5.32 Å². The van der Waals surface area contributed by atoms with Crippen LogP contribution in [0, 0.1) is 5.82 Å². The van der Waals surface area contributed by atoms with Crippen LogP contribution in [0.25, 0.3) is 21.5 Å². The zero-order valence-corrected chi connectivity index (χ0v) is 16.4. The molecule has 1 atom stereocenters. The molecule has 0 bridgehead atoms. The zero-order chi connectivity index (χ0) is 21.1. The molecule has 4 rings (SSSR count). The third kappa shape index (κ3) is 3.87. The Kier molecular flexibility index (Phi) is 5.44. The molecule has 4 aromatic carbocycles. The van der Waals surface area contributed by atoms with E-state index in [2.05, 4.69) is 5.32 Å². The standard InChI is InChI=1S/C25H20FNO3/c1-30-25(29)22(14-16-7-6-10-19(26)13-16)27-24(28)23-20-11-4-2-8-17(20)15-18-9-3-5-12-21(18)23/h2-13,15,22H,14H2,1H3,(H,27,28)/t22-/m1/s1. The molecular formula is C25H20FNO3. The van der Waals surface area contributed by atoms with E-state index in [1.54, 1.807) is 12.1 Å². The van der Waals surface area contributed by atoms with Gasteiger partial charge in [-0.25, -0.2) is 9.18 Å². The first-order valence-corrected chi connectivity index (χ1v) is 9.60. The molecular weight excluding hydrogens is 381 g/mol. The SMILES string of the molecule is COC(=O)[C@@H](Cc1cccc(F)c1)NC(=O)c1c2ccccc2cc2ccccc12. The third-order valence-corrected chi connectivity index (χ3v) is 5.12. The predicted molar refractivity (Wildman–Crippen MR) is 115 cm³/mol. The minimum absolute atomic E-state index is 0.124. The number of ether oxygens (including phenoxy) is 1. The third-order valence-electron chi connectivity index (χ3n) is 5.12. The first-order chi connectivity index (χ1) is 14.6. The quantitative estimate of drug-likeness (QED) is 0.391. The molecule has 5 heteroatoms. The summed E-state index contributed by atoms with van der Waals surface area (Å²) in [4.78, 5) is 25.7. The second-order valence-electron chi connectivity index (χ2n) is 7.08. The predicted octanol–water partition coefficient (Wildman–Crippen LogP) is 4.65. The summed E-state index contributed by atoms with van der Waals surface area (Å²) < 4.78 is 18.5. The number of hydrogen-bond donors (Lipinski definition) is 1.